The quantitative estimate of drug-likeness (QED) is 0.553. The van der Waals surface area contributed by atoms with Gasteiger partial charge in [0.05, 0.1) is 0 Å². The maximum absolute atomic E-state index is 12.5. The van der Waals surface area contributed by atoms with Crippen LogP contribution < -0.4 is 10.6 Å². The Morgan fingerprint density at radius 2 is 1.59 bits per heavy atom. The van der Waals surface area contributed by atoms with Gasteiger partial charge in [0.25, 0.3) is 0 Å². The minimum atomic E-state index is -1.24. The van der Waals surface area contributed by atoms with Gasteiger partial charge in [-0.2, -0.15) is 0 Å². The van der Waals surface area contributed by atoms with Crippen molar-refractivity contribution in [3.8, 4) is 11.1 Å². The molecule has 0 spiro atoms. The summed E-state index contributed by atoms with van der Waals surface area (Å²) in [6, 6.07) is 16.1. The van der Waals surface area contributed by atoms with Crippen molar-refractivity contribution in [3.05, 3.63) is 59.7 Å². The first-order valence-electron chi connectivity index (χ1n) is 10.4. The fraction of sp³-hybridized carbons (Fsp3) is 0.375. The Morgan fingerprint density at radius 1 is 1.03 bits per heavy atom. The smallest absolute Gasteiger partial charge is 0.408 e. The summed E-state index contributed by atoms with van der Waals surface area (Å²) < 4.78 is 10.3. The van der Waals surface area contributed by atoms with Crippen LogP contribution in [-0.4, -0.2) is 55.0 Å². The van der Waals surface area contributed by atoms with Crippen LogP contribution in [0.15, 0.2) is 48.5 Å². The number of alkyl carbamates (subject to hydrolysis) is 1. The summed E-state index contributed by atoms with van der Waals surface area (Å²) >= 11 is 0. The van der Waals surface area contributed by atoms with Crippen molar-refractivity contribution in [1.29, 1.82) is 0 Å². The predicted octanol–water partition coefficient (Wildman–Crippen LogP) is 2.91. The van der Waals surface area contributed by atoms with Crippen molar-refractivity contribution in [3.63, 3.8) is 0 Å². The Labute approximate surface area is 186 Å². The molecule has 3 N–H and O–H groups in total. The minimum Gasteiger partial charge on any atom is -0.479 e. The second-order valence-corrected chi connectivity index (χ2v) is 8.18. The van der Waals surface area contributed by atoms with Crippen molar-refractivity contribution in [2.24, 2.45) is 0 Å². The molecule has 170 valence electrons. The van der Waals surface area contributed by atoms with Gasteiger partial charge in [0.2, 0.25) is 5.91 Å². The third-order valence-corrected chi connectivity index (χ3v) is 5.58. The molecular formula is C24H28N2O6. The molecule has 1 aliphatic rings. The Hall–Kier alpha value is -3.39. The number of ether oxygens (including phenoxy) is 2. The van der Waals surface area contributed by atoms with Crippen LogP contribution in [0.5, 0.6) is 0 Å². The number of nitrogens with one attached hydrogen (secondary N) is 2. The van der Waals surface area contributed by atoms with E-state index in [1.165, 1.54) is 7.11 Å². The van der Waals surface area contributed by atoms with Gasteiger partial charge in [0, 0.05) is 26.0 Å². The van der Waals surface area contributed by atoms with Crippen LogP contribution in [0.3, 0.4) is 0 Å². The van der Waals surface area contributed by atoms with Gasteiger partial charge < -0.3 is 25.2 Å². The number of carboxylic acid groups (broad SMARTS) is 1. The van der Waals surface area contributed by atoms with E-state index in [9.17, 15) is 14.4 Å². The lowest BCUT2D eigenvalue weighted by Gasteiger charge is -2.25. The molecule has 0 bridgehead atoms. The van der Waals surface area contributed by atoms with Crippen LogP contribution in [0.1, 0.15) is 37.3 Å². The van der Waals surface area contributed by atoms with Gasteiger partial charge in [-0.15, -0.1) is 0 Å². The molecule has 0 heterocycles. The van der Waals surface area contributed by atoms with E-state index in [1.54, 1.807) is 13.8 Å². The molecule has 32 heavy (non-hydrogen) atoms. The van der Waals surface area contributed by atoms with Gasteiger partial charge in [0.1, 0.15) is 12.1 Å². The van der Waals surface area contributed by atoms with Gasteiger partial charge in [-0.25, -0.2) is 9.59 Å². The number of amides is 2. The molecule has 1 atom stereocenters. The maximum Gasteiger partial charge on any atom is 0.408 e. The number of rotatable bonds is 9. The third-order valence-electron chi connectivity index (χ3n) is 5.58. The first-order valence-corrected chi connectivity index (χ1v) is 10.4. The van der Waals surface area contributed by atoms with E-state index in [4.69, 9.17) is 14.6 Å². The molecule has 0 saturated heterocycles. The van der Waals surface area contributed by atoms with E-state index >= 15 is 0 Å². The molecular weight excluding hydrogens is 412 g/mol. The van der Waals surface area contributed by atoms with Crippen molar-refractivity contribution >= 4 is 18.0 Å². The standard InChI is InChI=1S/C24H28N2O6/c1-24(2,22(29)25-13-12-20(31-3)21(27)28)26-23(30)32-14-19-17-10-6-4-8-15(17)16-9-5-7-11-18(16)19/h4-11,19-20H,12-14H2,1-3H3,(H,25,29)(H,26,30)(H,27,28). The maximum atomic E-state index is 12.5. The zero-order valence-electron chi connectivity index (χ0n) is 18.4. The number of benzene rings is 2. The summed E-state index contributed by atoms with van der Waals surface area (Å²) in [6.07, 6.45) is -1.60. The Bertz CT molecular complexity index is 958. The summed E-state index contributed by atoms with van der Waals surface area (Å²) in [6.45, 7) is 3.34. The van der Waals surface area contributed by atoms with Gasteiger partial charge in [-0.3, -0.25) is 4.79 Å². The number of carbonyl (C=O) groups excluding carboxylic acids is 2. The molecule has 1 unspecified atom stereocenters. The highest BCUT2D eigenvalue weighted by molar-refractivity contribution is 5.89. The Morgan fingerprint density at radius 3 is 2.12 bits per heavy atom. The Balaban J connectivity index is 1.55. The van der Waals surface area contributed by atoms with Crippen molar-refractivity contribution in [2.45, 2.75) is 37.8 Å². The number of hydrogen-bond donors (Lipinski definition) is 3. The monoisotopic (exact) mass is 440 g/mol. The van der Waals surface area contributed by atoms with E-state index in [-0.39, 0.29) is 25.5 Å². The normalized spacial score (nSPS) is 13.6. The zero-order valence-corrected chi connectivity index (χ0v) is 18.4. The van der Waals surface area contributed by atoms with Crippen molar-refractivity contribution < 1.29 is 29.0 Å². The lowest BCUT2D eigenvalue weighted by atomic mass is 9.98. The summed E-state index contributed by atoms with van der Waals surface area (Å²) in [5.74, 6) is -1.63. The molecule has 8 heteroatoms. The molecule has 1 aliphatic carbocycles. The van der Waals surface area contributed by atoms with Crippen LogP contribution in [0.2, 0.25) is 0 Å². The average molecular weight is 440 g/mol. The van der Waals surface area contributed by atoms with Gasteiger partial charge in [-0.1, -0.05) is 48.5 Å². The van der Waals surface area contributed by atoms with Crippen LogP contribution in [0, 0.1) is 0 Å². The highest BCUT2D eigenvalue weighted by atomic mass is 16.5. The fourth-order valence-corrected chi connectivity index (χ4v) is 3.83. The number of hydrogen-bond acceptors (Lipinski definition) is 5. The number of carboxylic acids is 1. The lowest BCUT2D eigenvalue weighted by Crippen LogP contribution is -2.55. The number of carbonyl (C=O) groups is 3. The number of fused-ring (bicyclic) bond motifs is 3. The minimum absolute atomic E-state index is 0.0768. The summed E-state index contributed by atoms with van der Waals surface area (Å²) in [5, 5.41) is 14.2. The van der Waals surface area contributed by atoms with Crippen molar-refractivity contribution in [2.75, 3.05) is 20.3 Å². The molecule has 2 aromatic rings. The molecule has 0 aliphatic heterocycles. The van der Waals surface area contributed by atoms with E-state index in [0.717, 1.165) is 22.3 Å². The molecule has 0 aromatic heterocycles. The van der Waals surface area contributed by atoms with Crippen LogP contribution in [-0.2, 0) is 19.1 Å². The van der Waals surface area contributed by atoms with Crippen molar-refractivity contribution in [1.82, 2.24) is 10.6 Å². The van der Waals surface area contributed by atoms with Gasteiger partial charge in [-0.05, 0) is 36.1 Å². The summed E-state index contributed by atoms with van der Waals surface area (Å²) in [5.41, 5.74) is 3.23. The predicted molar refractivity (Wildman–Crippen MR) is 118 cm³/mol. The van der Waals surface area contributed by atoms with Crippen LogP contribution in [0.4, 0.5) is 4.79 Å². The second kappa shape index (κ2) is 9.82. The first kappa shape index (κ1) is 23.3. The molecule has 0 saturated carbocycles. The molecule has 2 amide bonds. The largest absolute Gasteiger partial charge is 0.479 e. The third kappa shape index (κ3) is 5.08. The molecule has 0 fully saturated rings. The number of aliphatic carboxylic acids is 1. The first-order chi connectivity index (χ1) is 15.2. The average Bonchev–Trinajstić information content (AvgIpc) is 3.08. The highest BCUT2D eigenvalue weighted by Gasteiger charge is 2.32. The van der Waals surface area contributed by atoms with Crippen LogP contribution >= 0.6 is 0 Å². The second-order valence-electron chi connectivity index (χ2n) is 8.18. The highest BCUT2D eigenvalue weighted by Crippen LogP contribution is 2.44. The molecule has 0 radical (unpaired) electrons. The Kier molecular flexibility index (Phi) is 7.15. The summed E-state index contributed by atoms with van der Waals surface area (Å²) in [7, 11) is 1.29. The molecule has 2 aromatic carbocycles. The van der Waals surface area contributed by atoms with E-state index < -0.39 is 29.6 Å². The zero-order chi connectivity index (χ0) is 23.3. The summed E-state index contributed by atoms with van der Waals surface area (Å²) in [4.78, 5) is 35.9. The SMILES string of the molecule is COC(CCNC(=O)C(C)(C)NC(=O)OCC1c2ccccc2-c2ccccc21)C(=O)O. The lowest BCUT2D eigenvalue weighted by molar-refractivity contribution is -0.149. The molecule has 3 rings (SSSR count). The van der Waals surface area contributed by atoms with E-state index in [0.29, 0.717) is 0 Å². The topological polar surface area (TPSA) is 114 Å². The molecule has 8 nitrogen and oxygen atoms in total. The van der Waals surface area contributed by atoms with Gasteiger partial charge in [0.15, 0.2) is 6.10 Å². The number of methoxy groups -OCH3 is 1. The fourth-order valence-electron chi connectivity index (χ4n) is 3.83. The van der Waals surface area contributed by atoms with E-state index in [2.05, 4.69) is 22.8 Å². The van der Waals surface area contributed by atoms with Gasteiger partial charge >= 0.3 is 12.1 Å². The van der Waals surface area contributed by atoms with E-state index in [1.807, 2.05) is 36.4 Å². The van der Waals surface area contributed by atoms with Crippen LogP contribution in [0.25, 0.3) is 11.1 Å².